The van der Waals surface area contributed by atoms with Crippen molar-refractivity contribution < 1.29 is 30.7 Å². The molecule has 6 nitrogen and oxygen atoms in total. The summed E-state index contributed by atoms with van der Waals surface area (Å²) in [6.45, 7) is 1.75. The summed E-state index contributed by atoms with van der Waals surface area (Å²) in [4.78, 5) is 25.0. The Kier molecular flexibility index (Phi) is 5.29. The van der Waals surface area contributed by atoms with Crippen LogP contribution in [0.25, 0.3) is 10.8 Å². The zero-order chi connectivity index (χ0) is 25.2. The van der Waals surface area contributed by atoms with Crippen molar-refractivity contribution >= 4 is 16.6 Å². The van der Waals surface area contributed by atoms with E-state index in [1.807, 2.05) is 5.32 Å². The molecule has 3 aromatic rings. The SMILES string of the molecule is Cn1nc(NC(c2cccc(C(F)(F)F)c2F)C(F)(F)F)c2cn(C3(C)CC3)c(=O)cc2c1=O. The number of nitrogens with one attached hydrogen (secondary N) is 1. The van der Waals surface area contributed by atoms with Gasteiger partial charge in [-0.25, -0.2) is 9.07 Å². The number of alkyl halides is 6. The van der Waals surface area contributed by atoms with Gasteiger partial charge in [0.2, 0.25) is 0 Å². The van der Waals surface area contributed by atoms with Crippen LogP contribution in [-0.2, 0) is 18.8 Å². The van der Waals surface area contributed by atoms with Crippen LogP contribution in [0.1, 0.15) is 36.9 Å². The van der Waals surface area contributed by atoms with Crippen molar-refractivity contribution in [3.8, 4) is 0 Å². The van der Waals surface area contributed by atoms with E-state index in [2.05, 4.69) is 5.10 Å². The second-order valence-corrected chi connectivity index (χ2v) is 8.41. The fraction of sp³-hybridized carbons (Fsp3) is 0.381. The van der Waals surface area contributed by atoms with Crippen molar-refractivity contribution in [2.75, 3.05) is 5.32 Å². The smallest absolute Gasteiger partial charge is 0.353 e. The minimum Gasteiger partial charge on any atom is -0.353 e. The van der Waals surface area contributed by atoms with Crippen LogP contribution < -0.4 is 16.4 Å². The monoisotopic (exact) mass is 490 g/mol. The van der Waals surface area contributed by atoms with E-state index in [4.69, 9.17) is 0 Å². The van der Waals surface area contributed by atoms with Crippen molar-refractivity contribution in [3.63, 3.8) is 0 Å². The molecule has 13 heteroatoms. The van der Waals surface area contributed by atoms with Gasteiger partial charge in [-0.1, -0.05) is 12.1 Å². The molecular weight excluding hydrogens is 473 g/mol. The third-order valence-corrected chi connectivity index (χ3v) is 5.89. The molecule has 0 saturated heterocycles. The summed E-state index contributed by atoms with van der Waals surface area (Å²) in [5, 5.41) is 5.36. The molecule has 1 atom stereocenters. The van der Waals surface area contributed by atoms with Crippen LogP contribution in [0.4, 0.5) is 36.6 Å². The van der Waals surface area contributed by atoms with Gasteiger partial charge in [0.15, 0.2) is 11.9 Å². The molecule has 1 fully saturated rings. The maximum atomic E-state index is 14.6. The Hall–Kier alpha value is -3.38. The highest BCUT2D eigenvalue weighted by atomic mass is 19.4. The molecule has 0 spiro atoms. The molecule has 2 heterocycles. The molecule has 0 aliphatic heterocycles. The summed E-state index contributed by atoms with van der Waals surface area (Å²) >= 11 is 0. The molecular formula is C21H17F7N4O2. The van der Waals surface area contributed by atoms with E-state index < -0.39 is 57.8 Å². The number of hydrogen-bond acceptors (Lipinski definition) is 4. The predicted molar refractivity (Wildman–Crippen MR) is 108 cm³/mol. The van der Waals surface area contributed by atoms with Gasteiger partial charge in [0.05, 0.1) is 10.9 Å². The van der Waals surface area contributed by atoms with Crippen molar-refractivity contribution in [2.45, 2.75) is 43.7 Å². The highest BCUT2D eigenvalue weighted by Gasteiger charge is 2.45. The van der Waals surface area contributed by atoms with Crippen molar-refractivity contribution in [3.05, 3.63) is 68.1 Å². The van der Waals surface area contributed by atoms with E-state index in [-0.39, 0.29) is 10.8 Å². The van der Waals surface area contributed by atoms with Gasteiger partial charge < -0.3 is 9.88 Å². The number of nitrogens with zero attached hydrogens (tertiary/aromatic N) is 3. The van der Waals surface area contributed by atoms with Gasteiger partial charge >= 0.3 is 12.4 Å². The molecule has 0 bridgehead atoms. The highest BCUT2D eigenvalue weighted by Crippen LogP contribution is 2.43. The first kappa shape index (κ1) is 23.8. The minimum atomic E-state index is -5.25. The topological polar surface area (TPSA) is 68.9 Å². The summed E-state index contributed by atoms with van der Waals surface area (Å²) in [7, 11) is 1.13. The molecule has 1 N–H and O–H groups in total. The Balaban J connectivity index is 1.93. The van der Waals surface area contributed by atoms with Crippen LogP contribution in [0.5, 0.6) is 0 Å². The average Bonchev–Trinajstić information content (AvgIpc) is 3.46. The van der Waals surface area contributed by atoms with Crippen molar-refractivity contribution in [1.82, 2.24) is 14.3 Å². The number of benzene rings is 1. The summed E-state index contributed by atoms with van der Waals surface area (Å²) in [6.07, 6.45) is -8.02. The lowest BCUT2D eigenvalue weighted by Gasteiger charge is -2.25. The first-order valence-corrected chi connectivity index (χ1v) is 9.96. The Morgan fingerprint density at radius 3 is 2.29 bits per heavy atom. The molecule has 0 radical (unpaired) electrons. The Morgan fingerprint density at radius 2 is 1.74 bits per heavy atom. The normalized spacial score (nSPS) is 16.5. The molecule has 182 valence electrons. The van der Waals surface area contributed by atoms with Gasteiger partial charge in [-0.2, -0.15) is 31.4 Å². The lowest BCUT2D eigenvalue weighted by atomic mass is 10.0. The molecule has 1 aliphatic rings. The van der Waals surface area contributed by atoms with Crippen LogP contribution in [0, 0.1) is 5.82 Å². The number of pyridine rings is 1. The van der Waals surface area contributed by atoms with Gasteiger partial charge in [0.1, 0.15) is 5.82 Å². The third-order valence-electron chi connectivity index (χ3n) is 5.89. The lowest BCUT2D eigenvalue weighted by molar-refractivity contribution is -0.147. The molecule has 2 aromatic heterocycles. The fourth-order valence-electron chi connectivity index (χ4n) is 3.74. The van der Waals surface area contributed by atoms with E-state index in [0.29, 0.717) is 35.7 Å². The maximum Gasteiger partial charge on any atom is 0.419 e. The molecule has 1 aliphatic carbocycles. The average molecular weight is 490 g/mol. The fourth-order valence-corrected chi connectivity index (χ4v) is 3.74. The van der Waals surface area contributed by atoms with E-state index in [0.717, 1.165) is 13.1 Å². The van der Waals surface area contributed by atoms with Gasteiger partial charge in [-0.3, -0.25) is 9.59 Å². The minimum absolute atomic E-state index is 0.155. The van der Waals surface area contributed by atoms with Crippen LogP contribution in [0.3, 0.4) is 0 Å². The predicted octanol–water partition coefficient (Wildman–Crippen LogP) is 4.48. The summed E-state index contributed by atoms with van der Waals surface area (Å²) in [6, 6.07) is -0.372. The summed E-state index contributed by atoms with van der Waals surface area (Å²) in [5.41, 5.74) is -5.04. The number of hydrogen-bond donors (Lipinski definition) is 1. The van der Waals surface area contributed by atoms with Crippen molar-refractivity contribution in [2.24, 2.45) is 7.05 Å². The van der Waals surface area contributed by atoms with Crippen LogP contribution in [0.15, 0.2) is 40.1 Å². The van der Waals surface area contributed by atoms with Crippen LogP contribution in [-0.4, -0.2) is 20.5 Å². The first-order chi connectivity index (χ1) is 15.6. The standard InChI is InChI=1S/C21H17F7N4O2/c1-19(6-7-19)32-9-12-11(8-14(32)33)18(34)31(2)30-17(12)29-16(21(26,27)28)10-4-3-5-13(15(10)22)20(23,24)25/h3-5,8-9,16H,6-7H2,1-2H3,(H,29,30). The van der Waals surface area contributed by atoms with Gasteiger partial charge in [0.25, 0.3) is 11.1 Å². The lowest BCUT2D eigenvalue weighted by Crippen LogP contribution is -2.33. The first-order valence-electron chi connectivity index (χ1n) is 9.96. The Labute approximate surface area is 186 Å². The molecule has 1 saturated carbocycles. The number of anilines is 1. The second kappa shape index (κ2) is 7.57. The zero-order valence-corrected chi connectivity index (χ0v) is 17.7. The van der Waals surface area contributed by atoms with Crippen LogP contribution >= 0.6 is 0 Å². The number of fused-ring (bicyclic) bond motifs is 1. The van der Waals surface area contributed by atoms with Gasteiger partial charge in [0, 0.05) is 35.8 Å². The summed E-state index contributed by atoms with van der Waals surface area (Å²) in [5.74, 6) is -2.63. The highest BCUT2D eigenvalue weighted by molar-refractivity contribution is 5.90. The molecule has 0 amide bonds. The van der Waals surface area contributed by atoms with E-state index in [1.54, 1.807) is 6.92 Å². The number of aromatic nitrogens is 3. The van der Waals surface area contributed by atoms with Crippen molar-refractivity contribution in [1.29, 1.82) is 0 Å². The Bertz CT molecular complexity index is 1400. The molecule has 1 aromatic carbocycles. The zero-order valence-electron chi connectivity index (χ0n) is 17.7. The van der Waals surface area contributed by atoms with Gasteiger partial charge in [-0.15, -0.1) is 0 Å². The quantitative estimate of drug-likeness (QED) is 0.548. The Morgan fingerprint density at radius 1 is 1.09 bits per heavy atom. The second-order valence-electron chi connectivity index (χ2n) is 8.41. The van der Waals surface area contributed by atoms with Gasteiger partial charge in [-0.05, 0) is 25.8 Å². The third kappa shape index (κ3) is 4.03. The number of halogens is 7. The molecule has 4 rings (SSSR count). The summed E-state index contributed by atoms with van der Waals surface area (Å²) < 4.78 is 97.7. The number of rotatable bonds is 4. The molecule has 1 unspecified atom stereocenters. The maximum absolute atomic E-state index is 14.6. The number of aryl methyl sites for hydroxylation is 1. The van der Waals surface area contributed by atoms with E-state index in [9.17, 15) is 40.3 Å². The van der Waals surface area contributed by atoms with Crippen LogP contribution in [0.2, 0.25) is 0 Å². The van der Waals surface area contributed by atoms with E-state index >= 15 is 0 Å². The van der Waals surface area contributed by atoms with E-state index in [1.165, 1.54) is 10.8 Å². The molecule has 34 heavy (non-hydrogen) atoms. The largest absolute Gasteiger partial charge is 0.419 e.